The Labute approximate surface area is 172 Å². The summed E-state index contributed by atoms with van der Waals surface area (Å²) in [5, 5.41) is 4.27. The molecule has 2 heterocycles. The number of hydrogen-bond acceptors (Lipinski definition) is 7. The number of carbonyl (C=O) groups excluding carboxylic acids is 1. The first-order chi connectivity index (χ1) is 14.5. The van der Waals surface area contributed by atoms with Gasteiger partial charge in [0.2, 0.25) is 5.89 Å². The van der Waals surface area contributed by atoms with E-state index in [0.717, 1.165) is 5.75 Å². The maximum Gasteiger partial charge on any atom is 0.437 e. The Morgan fingerprint density at radius 2 is 2.10 bits per heavy atom. The molecule has 0 bridgehead atoms. The summed E-state index contributed by atoms with van der Waals surface area (Å²) in [4.78, 5) is 34.1. The fourth-order valence-corrected chi connectivity index (χ4v) is 3.38. The fourth-order valence-electron chi connectivity index (χ4n) is 3.38. The molecule has 0 aliphatic heterocycles. The summed E-state index contributed by atoms with van der Waals surface area (Å²) in [6, 6.07) is 9.47. The Hall–Kier alpha value is -3.69. The van der Waals surface area contributed by atoms with Gasteiger partial charge in [0.1, 0.15) is 11.9 Å². The highest BCUT2D eigenvalue weighted by molar-refractivity contribution is 5.96. The number of aromatic nitrogens is 4. The van der Waals surface area contributed by atoms with Gasteiger partial charge in [0.05, 0.1) is 18.9 Å². The molecule has 0 unspecified atom stereocenters. The molecule has 0 N–H and O–H groups in total. The molecule has 1 saturated carbocycles. The van der Waals surface area contributed by atoms with Crippen LogP contribution in [0.2, 0.25) is 0 Å². The van der Waals surface area contributed by atoms with Gasteiger partial charge in [-0.25, -0.2) is 14.8 Å². The van der Waals surface area contributed by atoms with E-state index in [2.05, 4.69) is 21.8 Å². The molecule has 0 saturated heterocycles. The minimum atomic E-state index is -0.539. The Kier molecular flexibility index (Phi) is 5.21. The average molecular weight is 410 g/mol. The van der Waals surface area contributed by atoms with Crippen molar-refractivity contribution in [2.75, 3.05) is 7.05 Å². The molecule has 0 radical (unpaired) electrons. The van der Waals surface area contributed by atoms with Crippen molar-refractivity contribution in [3.8, 4) is 5.75 Å². The number of aryl methyl sites for hydroxylation is 1. The van der Waals surface area contributed by atoms with Crippen LogP contribution < -0.4 is 10.5 Å². The molecule has 0 atom stereocenters. The van der Waals surface area contributed by atoms with Gasteiger partial charge >= 0.3 is 5.76 Å². The van der Waals surface area contributed by atoms with Gasteiger partial charge in [0.25, 0.3) is 5.91 Å². The van der Waals surface area contributed by atoms with Gasteiger partial charge in [-0.2, -0.15) is 4.68 Å². The summed E-state index contributed by atoms with van der Waals surface area (Å²) in [7, 11) is 3.29. The van der Waals surface area contributed by atoms with Crippen LogP contribution in [0.5, 0.6) is 5.75 Å². The van der Waals surface area contributed by atoms with E-state index in [4.69, 9.17) is 9.15 Å². The number of benzene rings is 1. The van der Waals surface area contributed by atoms with E-state index in [9.17, 15) is 9.59 Å². The second-order valence-corrected chi connectivity index (χ2v) is 7.23. The summed E-state index contributed by atoms with van der Waals surface area (Å²) < 4.78 is 14.0. The molecule has 4 rings (SSSR count). The maximum atomic E-state index is 12.7. The lowest BCUT2D eigenvalue weighted by Crippen LogP contribution is -2.39. The molecule has 156 valence electrons. The zero-order valence-corrected chi connectivity index (χ0v) is 16.8. The summed E-state index contributed by atoms with van der Waals surface area (Å²) in [5.74, 6) is 0.356. The topological polar surface area (TPSA) is 108 Å². The van der Waals surface area contributed by atoms with Crippen LogP contribution in [0.25, 0.3) is 0 Å². The SMILES string of the molecule is C=Nc1ncn(C)c1C(=O)N(C)Cc1nn([C@H]2C[C@H](Oc3ccccc3)C2)c(=O)o1. The summed E-state index contributed by atoms with van der Waals surface area (Å²) in [6.07, 6.45) is 2.85. The first-order valence-corrected chi connectivity index (χ1v) is 9.50. The average Bonchev–Trinajstić information content (AvgIpc) is 3.26. The molecule has 1 aliphatic rings. The van der Waals surface area contributed by atoms with E-state index in [0.29, 0.717) is 18.5 Å². The number of para-hydroxylation sites is 1. The molecule has 1 fully saturated rings. The van der Waals surface area contributed by atoms with E-state index >= 15 is 0 Å². The van der Waals surface area contributed by atoms with E-state index in [1.807, 2.05) is 30.3 Å². The highest BCUT2D eigenvalue weighted by Gasteiger charge is 2.35. The number of carbonyl (C=O) groups is 1. The van der Waals surface area contributed by atoms with Crippen molar-refractivity contribution in [2.45, 2.75) is 31.5 Å². The molecule has 1 aromatic carbocycles. The molecule has 30 heavy (non-hydrogen) atoms. The first kappa shape index (κ1) is 19.6. The molecule has 2 aromatic heterocycles. The van der Waals surface area contributed by atoms with Crippen molar-refractivity contribution >= 4 is 18.4 Å². The minimum absolute atomic E-state index is 0.0309. The van der Waals surface area contributed by atoms with Crippen LogP contribution in [0.1, 0.15) is 35.3 Å². The van der Waals surface area contributed by atoms with Crippen molar-refractivity contribution in [1.82, 2.24) is 24.2 Å². The highest BCUT2D eigenvalue weighted by atomic mass is 16.5. The number of rotatable bonds is 7. The smallest absolute Gasteiger partial charge is 0.437 e. The van der Waals surface area contributed by atoms with E-state index < -0.39 is 5.76 Å². The van der Waals surface area contributed by atoms with Crippen LogP contribution in [0.4, 0.5) is 5.82 Å². The van der Waals surface area contributed by atoms with Gasteiger partial charge in [0, 0.05) is 26.9 Å². The number of ether oxygens (including phenoxy) is 1. The van der Waals surface area contributed by atoms with Crippen LogP contribution in [0.15, 0.2) is 50.9 Å². The largest absolute Gasteiger partial charge is 0.490 e. The van der Waals surface area contributed by atoms with Gasteiger partial charge in [-0.3, -0.25) is 4.79 Å². The molecule has 3 aromatic rings. The van der Waals surface area contributed by atoms with Crippen molar-refractivity contribution in [3.63, 3.8) is 0 Å². The predicted octanol–water partition coefficient (Wildman–Crippen LogP) is 1.96. The van der Waals surface area contributed by atoms with Gasteiger partial charge in [-0.1, -0.05) is 18.2 Å². The van der Waals surface area contributed by atoms with Gasteiger partial charge in [0.15, 0.2) is 11.5 Å². The number of nitrogens with zero attached hydrogens (tertiary/aromatic N) is 6. The van der Waals surface area contributed by atoms with Crippen molar-refractivity contribution in [2.24, 2.45) is 12.0 Å². The molecule has 10 nitrogen and oxygen atoms in total. The molecular weight excluding hydrogens is 388 g/mol. The normalized spacial score (nSPS) is 17.9. The Bertz CT molecular complexity index is 1110. The van der Waals surface area contributed by atoms with Gasteiger partial charge in [-0.05, 0) is 18.9 Å². The quantitative estimate of drug-likeness (QED) is 0.551. The van der Waals surface area contributed by atoms with E-state index in [-0.39, 0.29) is 36.3 Å². The predicted molar refractivity (Wildman–Crippen MR) is 108 cm³/mol. The number of hydrogen-bond donors (Lipinski definition) is 0. The van der Waals surface area contributed by atoms with Gasteiger partial charge in [-0.15, -0.1) is 5.10 Å². The third kappa shape index (κ3) is 3.76. The third-order valence-electron chi connectivity index (χ3n) is 5.06. The second kappa shape index (κ2) is 7.97. The summed E-state index contributed by atoms with van der Waals surface area (Å²) in [6.45, 7) is 3.47. The lowest BCUT2D eigenvalue weighted by Gasteiger charge is -2.34. The van der Waals surface area contributed by atoms with E-state index in [1.165, 1.54) is 15.9 Å². The van der Waals surface area contributed by atoms with Crippen molar-refractivity contribution < 1.29 is 13.9 Å². The number of imidazole rings is 1. The standard InChI is InChI=1S/C20H22N6O4/c1-21-18-17(25(3)12-22-18)19(27)24(2)11-16-23-26(20(28)30-16)13-9-15(10-13)29-14-7-5-4-6-8-14/h4-8,12-13,15H,1,9-11H2,2-3H3/t13-,15-. The maximum absolute atomic E-state index is 12.7. The monoisotopic (exact) mass is 410 g/mol. The molecule has 1 aliphatic carbocycles. The van der Waals surface area contributed by atoms with Crippen molar-refractivity contribution in [1.29, 1.82) is 0 Å². The van der Waals surface area contributed by atoms with Crippen molar-refractivity contribution in [3.05, 3.63) is 58.8 Å². The first-order valence-electron chi connectivity index (χ1n) is 9.50. The Morgan fingerprint density at radius 3 is 2.80 bits per heavy atom. The van der Waals surface area contributed by atoms with Crippen LogP contribution in [0.3, 0.4) is 0 Å². The summed E-state index contributed by atoms with van der Waals surface area (Å²) in [5.41, 5.74) is 0.300. The van der Waals surface area contributed by atoms with Crippen LogP contribution in [0, 0.1) is 0 Å². The lowest BCUT2D eigenvalue weighted by molar-refractivity contribution is 0.0616. The second-order valence-electron chi connectivity index (χ2n) is 7.23. The molecular formula is C20H22N6O4. The molecule has 10 heteroatoms. The zero-order valence-electron chi connectivity index (χ0n) is 16.8. The number of aliphatic imine (C=N–C) groups is 1. The minimum Gasteiger partial charge on any atom is -0.490 e. The fraction of sp³-hybridized carbons (Fsp3) is 0.350. The van der Waals surface area contributed by atoms with Crippen LogP contribution >= 0.6 is 0 Å². The molecule has 1 amide bonds. The zero-order chi connectivity index (χ0) is 21.3. The Morgan fingerprint density at radius 1 is 1.37 bits per heavy atom. The van der Waals surface area contributed by atoms with E-state index in [1.54, 1.807) is 18.7 Å². The molecule has 0 spiro atoms. The van der Waals surface area contributed by atoms with Crippen LogP contribution in [-0.4, -0.2) is 50.0 Å². The highest BCUT2D eigenvalue weighted by Crippen LogP contribution is 2.34. The van der Waals surface area contributed by atoms with Gasteiger partial charge < -0.3 is 18.6 Å². The Balaban J connectivity index is 1.39. The third-order valence-corrected chi connectivity index (χ3v) is 5.06. The van der Waals surface area contributed by atoms with Crippen LogP contribution in [-0.2, 0) is 13.6 Å². The lowest BCUT2D eigenvalue weighted by atomic mass is 9.89. The number of amides is 1. The summed E-state index contributed by atoms with van der Waals surface area (Å²) >= 11 is 0.